The first kappa shape index (κ1) is 25.9. The number of amides is 1. The van der Waals surface area contributed by atoms with Gasteiger partial charge in [-0.25, -0.2) is 0 Å². The van der Waals surface area contributed by atoms with Gasteiger partial charge in [0.05, 0.1) is 33.4 Å². The van der Waals surface area contributed by atoms with E-state index < -0.39 is 12.0 Å². The Morgan fingerprint density at radius 3 is 2.47 bits per heavy atom. The van der Waals surface area contributed by atoms with Gasteiger partial charge in [0.15, 0.2) is 11.5 Å². The minimum atomic E-state index is -0.749. The van der Waals surface area contributed by atoms with Gasteiger partial charge in [-0.2, -0.15) is 0 Å². The smallest absolute Gasteiger partial charge is 0.229 e. The number of benzene rings is 2. The van der Waals surface area contributed by atoms with E-state index in [0.29, 0.717) is 36.9 Å². The number of hydrogen-bond donors (Lipinski definition) is 2. The highest BCUT2D eigenvalue weighted by atomic mass is 16.5. The summed E-state index contributed by atoms with van der Waals surface area (Å²) in [7, 11) is 6.77. The van der Waals surface area contributed by atoms with Crippen molar-refractivity contribution in [2.45, 2.75) is 38.5 Å². The highest BCUT2D eigenvalue weighted by Crippen LogP contribution is 2.39. The Labute approximate surface area is 212 Å². The summed E-state index contributed by atoms with van der Waals surface area (Å²) >= 11 is 0. The van der Waals surface area contributed by atoms with Crippen LogP contribution in [0.2, 0.25) is 0 Å². The number of H-pyrrole nitrogens is 1. The Balaban J connectivity index is 1.46. The zero-order chi connectivity index (χ0) is 25.8. The van der Waals surface area contributed by atoms with Gasteiger partial charge < -0.3 is 29.2 Å². The van der Waals surface area contributed by atoms with Gasteiger partial charge in [0.2, 0.25) is 11.7 Å². The minimum absolute atomic E-state index is 0.0119. The lowest BCUT2D eigenvalue weighted by Gasteiger charge is -2.43. The fraction of sp³-hybridized carbons (Fsp3) is 0.464. The van der Waals surface area contributed by atoms with Gasteiger partial charge in [0, 0.05) is 42.8 Å². The number of ether oxygens (including phenoxy) is 3. The molecule has 1 aliphatic heterocycles. The third-order valence-corrected chi connectivity index (χ3v) is 7.27. The summed E-state index contributed by atoms with van der Waals surface area (Å²) in [5, 5.41) is 11.8. The number of nitrogens with zero attached hydrogens (tertiary/aromatic N) is 2. The molecule has 1 fully saturated rings. The van der Waals surface area contributed by atoms with Gasteiger partial charge in [0.25, 0.3) is 0 Å². The number of aliphatic hydroxyl groups excluding tert-OH is 1. The van der Waals surface area contributed by atoms with E-state index in [1.54, 1.807) is 28.3 Å². The summed E-state index contributed by atoms with van der Waals surface area (Å²) in [4.78, 5) is 20.9. The van der Waals surface area contributed by atoms with Gasteiger partial charge in [-0.15, -0.1) is 0 Å². The zero-order valence-corrected chi connectivity index (χ0v) is 21.8. The maximum Gasteiger partial charge on any atom is 0.229 e. The van der Waals surface area contributed by atoms with Crippen molar-refractivity contribution in [3.05, 3.63) is 53.7 Å². The van der Waals surface area contributed by atoms with Crippen LogP contribution in [0.25, 0.3) is 10.9 Å². The van der Waals surface area contributed by atoms with Gasteiger partial charge in [-0.05, 0) is 56.1 Å². The number of fused-ring (bicyclic) bond motifs is 1. The Bertz CT molecular complexity index is 1170. The first-order chi connectivity index (χ1) is 17.4. The molecule has 36 heavy (non-hydrogen) atoms. The molecule has 194 valence electrons. The highest BCUT2D eigenvalue weighted by molar-refractivity contribution is 5.83. The Morgan fingerprint density at radius 1 is 1.14 bits per heavy atom. The van der Waals surface area contributed by atoms with Crippen LogP contribution in [0.4, 0.5) is 0 Å². The van der Waals surface area contributed by atoms with Crippen molar-refractivity contribution in [3.8, 4) is 17.2 Å². The molecule has 4 rings (SSSR count). The third-order valence-electron chi connectivity index (χ3n) is 7.27. The quantitative estimate of drug-likeness (QED) is 0.448. The van der Waals surface area contributed by atoms with E-state index in [1.165, 1.54) is 10.9 Å². The Hall–Kier alpha value is -3.23. The van der Waals surface area contributed by atoms with Crippen LogP contribution in [0, 0.1) is 5.92 Å². The van der Waals surface area contributed by atoms with Crippen LogP contribution >= 0.6 is 0 Å². The summed E-state index contributed by atoms with van der Waals surface area (Å²) in [6, 6.07) is 12.0. The highest BCUT2D eigenvalue weighted by Gasteiger charge is 2.41. The molecular weight excluding hydrogens is 458 g/mol. The number of piperidine rings is 1. The van der Waals surface area contributed by atoms with E-state index in [4.69, 9.17) is 14.2 Å². The molecule has 2 aromatic carbocycles. The van der Waals surface area contributed by atoms with Crippen LogP contribution in [-0.4, -0.2) is 79.4 Å². The molecule has 0 spiro atoms. The number of hydrogen-bond acceptors (Lipinski definition) is 6. The van der Waals surface area contributed by atoms with Crippen LogP contribution in [0.5, 0.6) is 17.2 Å². The number of para-hydroxylation sites is 1. The molecule has 0 radical (unpaired) electrons. The van der Waals surface area contributed by atoms with Crippen molar-refractivity contribution in [1.82, 2.24) is 14.8 Å². The molecule has 0 aliphatic carbocycles. The number of carbonyl (C=O) groups excluding carboxylic acids is 1. The SMILES string of the molecule is COc1cc(CN(C)[C@H]2CCN(CCc3c[nH]c4ccccc34)C(=O)[C@H]2C(C)O)cc(OC)c1OC. The average molecular weight is 496 g/mol. The van der Waals surface area contributed by atoms with Gasteiger partial charge in [-0.3, -0.25) is 9.69 Å². The van der Waals surface area contributed by atoms with Gasteiger partial charge >= 0.3 is 0 Å². The lowest BCUT2D eigenvalue weighted by Crippen LogP contribution is -2.56. The molecule has 3 aromatic rings. The molecule has 3 atom stereocenters. The summed E-state index contributed by atoms with van der Waals surface area (Å²) in [6.07, 6.45) is 2.84. The van der Waals surface area contributed by atoms with Crippen molar-refractivity contribution in [2.24, 2.45) is 5.92 Å². The Morgan fingerprint density at radius 2 is 1.83 bits per heavy atom. The van der Waals surface area contributed by atoms with Crippen LogP contribution in [0.1, 0.15) is 24.5 Å². The van der Waals surface area contributed by atoms with E-state index in [2.05, 4.69) is 22.0 Å². The molecule has 1 aromatic heterocycles. The molecule has 8 nitrogen and oxygen atoms in total. The second-order valence-electron chi connectivity index (χ2n) is 9.51. The molecule has 1 aliphatic rings. The molecule has 0 bridgehead atoms. The largest absolute Gasteiger partial charge is 0.493 e. The normalized spacial score (nSPS) is 19.1. The maximum atomic E-state index is 13.5. The first-order valence-corrected chi connectivity index (χ1v) is 12.4. The predicted molar refractivity (Wildman–Crippen MR) is 140 cm³/mol. The second-order valence-corrected chi connectivity index (χ2v) is 9.51. The van der Waals surface area contributed by atoms with Crippen LogP contribution < -0.4 is 14.2 Å². The second kappa shape index (κ2) is 11.2. The monoisotopic (exact) mass is 495 g/mol. The number of rotatable bonds is 10. The van der Waals surface area contributed by atoms with E-state index in [0.717, 1.165) is 23.9 Å². The van der Waals surface area contributed by atoms with Crippen LogP contribution in [-0.2, 0) is 17.8 Å². The lowest BCUT2D eigenvalue weighted by molar-refractivity contribution is -0.147. The lowest BCUT2D eigenvalue weighted by atomic mass is 9.85. The summed E-state index contributed by atoms with van der Waals surface area (Å²) in [5.74, 6) is 1.25. The van der Waals surface area contributed by atoms with Gasteiger partial charge in [-0.1, -0.05) is 18.2 Å². The van der Waals surface area contributed by atoms with Crippen LogP contribution in [0.15, 0.2) is 42.6 Å². The number of methoxy groups -OCH3 is 3. The molecule has 8 heteroatoms. The van der Waals surface area contributed by atoms with E-state index in [1.807, 2.05) is 42.4 Å². The van der Waals surface area contributed by atoms with Crippen molar-refractivity contribution in [1.29, 1.82) is 0 Å². The summed E-state index contributed by atoms with van der Waals surface area (Å²) in [6.45, 7) is 3.58. The molecule has 2 N–H and O–H groups in total. The summed E-state index contributed by atoms with van der Waals surface area (Å²) < 4.78 is 16.4. The topological polar surface area (TPSA) is 87.3 Å². The molecule has 0 saturated carbocycles. The van der Waals surface area contributed by atoms with E-state index >= 15 is 0 Å². The van der Waals surface area contributed by atoms with Crippen molar-refractivity contribution in [3.63, 3.8) is 0 Å². The van der Waals surface area contributed by atoms with Gasteiger partial charge in [0.1, 0.15) is 0 Å². The predicted octanol–water partition coefficient (Wildman–Crippen LogP) is 3.47. The van der Waals surface area contributed by atoms with Crippen molar-refractivity contribution < 1.29 is 24.1 Å². The van der Waals surface area contributed by atoms with E-state index in [-0.39, 0.29) is 11.9 Å². The fourth-order valence-corrected chi connectivity index (χ4v) is 5.42. The zero-order valence-electron chi connectivity index (χ0n) is 21.8. The number of aliphatic hydroxyl groups is 1. The molecule has 1 unspecified atom stereocenters. The Kier molecular flexibility index (Phi) is 8.06. The van der Waals surface area contributed by atoms with Crippen molar-refractivity contribution >= 4 is 16.8 Å². The fourth-order valence-electron chi connectivity index (χ4n) is 5.42. The minimum Gasteiger partial charge on any atom is -0.493 e. The first-order valence-electron chi connectivity index (χ1n) is 12.4. The third kappa shape index (κ3) is 5.15. The average Bonchev–Trinajstić information content (AvgIpc) is 3.29. The molecule has 1 amide bonds. The maximum absolute atomic E-state index is 13.5. The number of aromatic nitrogens is 1. The standard InChI is InChI=1S/C28H37N3O5/c1-18(32)26-23(30(2)17-19-14-24(34-3)27(36-5)25(15-19)35-4)11-13-31(28(26)33)12-10-20-16-29-22-9-7-6-8-21(20)22/h6-9,14-16,18,23,26,29,32H,10-13,17H2,1-5H3/t18?,23-,26-/m0/s1. The van der Waals surface area contributed by atoms with Crippen molar-refractivity contribution in [2.75, 3.05) is 41.5 Å². The van der Waals surface area contributed by atoms with E-state index in [9.17, 15) is 9.90 Å². The molecule has 2 heterocycles. The van der Waals surface area contributed by atoms with Crippen LogP contribution in [0.3, 0.4) is 0 Å². The number of carbonyl (C=O) groups is 1. The molecule has 1 saturated heterocycles. The summed E-state index contributed by atoms with van der Waals surface area (Å²) in [5.41, 5.74) is 3.28. The number of nitrogens with one attached hydrogen (secondary N) is 1. The number of aromatic amines is 1. The molecular formula is C28H37N3O5. The number of likely N-dealkylation sites (tertiary alicyclic amines) is 1.